The lowest BCUT2D eigenvalue weighted by Crippen LogP contribution is -2.14. The SMILES string of the molecule is COc1cc(/C=C(\C#N)C(=O)Nc2cc(C)ccc2C)cc(Cl)c1OCc1cccc(Cl)c1. The predicted molar refractivity (Wildman–Crippen MR) is 132 cm³/mol. The van der Waals surface area contributed by atoms with Crippen LogP contribution in [0.25, 0.3) is 6.08 Å². The van der Waals surface area contributed by atoms with Gasteiger partial charge in [-0.05, 0) is 72.5 Å². The Balaban J connectivity index is 1.84. The van der Waals surface area contributed by atoms with Gasteiger partial charge in [-0.25, -0.2) is 0 Å². The molecular weight excluding hydrogens is 459 g/mol. The molecular formula is C26H22Cl2N2O3. The van der Waals surface area contributed by atoms with E-state index in [0.29, 0.717) is 27.8 Å². The molecule has 0 saturated heterocycles. The largest absolute Gasteiger partial charge is 0.493 e. The molecule has 0 atom stereocenters. The molecule has 0 fully saturated rings. The first-order valence-corrected chi connectivity index (χ1v) is 10.8. The number of ether oxygens (including phenoxy) is 2. The van der Waals surface area contributed by atoms with Crippen molar-refractivity contribution in [1.82, 2.24) is 0 Å². The third-order valence-corrected chi connectivity index (χ3v) is 5.36. The van der Waals surface area contributed by atoms with Crippen molar-refractivity contribution >= 4 is 40.9 Å². The lowest BCUT2D eigenvalue weighted by molar-refractivity contribution is -0.112. The lowest BCUT2D eigenvalue weighted by Gasteiger charge is -2.14. The Morgan fingerprint density at radius 3 is 2.61 bits per heavy atom. The third-order valence-electron chi connectivity index (χ3n) is 4.84. The fraction of sp³-hybridized carbons (Fsp3) is 0.154. The summed E-state index contributed by atoms with van der Waals surface area (Å²) in [6.45, 7) is 4.06. The molecule has 0 radical (unpaired) electrons. The average Bonchev–Trinajstić information content (AvgIpc) is 2.78. The zero-order valence-electron chi connectivity index (χ0n) is 18.4. The number of carbonyl (C=O) groups is 1. The molecule has 1 N–H and O–H groups in total. The summed E-state index contributed by atoms with van der Waals surface area (Å²) in [7, 11) is 1.49. The number of carbonyl (C=O) groups excluding carboxylic acids is 1. The van der Waals surface area contributed by atoms with E-state index in [1.807, 2.05) is 50.2 Å². The van der Waals surface area contributed by atoms with Crippen molar-refractivity contribution in [3.63, 3.8) is 0 Å². The summed E-state index contributed by atoms with van der Waals surface area (Å²) in [6.07, 6.45) is 1.45. The molecule has 33 heavy (non-hydrogen) atoms. The summed E-state index contributed by atoms with van der Waals surface area (Å²) in [5, 5.41) is 13.3. The molecule has 0 unspecified atom stereocenters. The highest BCUT2D eigenvalue weighted by Crippen LogP contribution is 2.37. The van der Waals surface area contributed by atoms with Crippen molar-refractivity contribution in [3.8, 4) is 17.6 Å². The molecule has 0 aliphatic carbocycles. The Morgan fingerprint density at radius 2 is 1.91 bits per heavy atom. The second-order valence-corrected chi connectivity index (χ2v) is 8.24. The third kappa shape index (κ3) is 6.29. The minimum absolute atomic E-state index is 0.0679. The standard InChI is InChI=1S/C26H22Cl2N2O3/c1-16-7-8-17(2)23(9-16)30-26(31)20(14-29)10-19-12-22(28)25(24(13-19)32-3)33-15-18-5-4-6-21(27)11-18/h4-13H,15H2,1-3H3,(H,30,31)/b20-10+. The van der Waals surface area contributed by atoms with Crippen LogP contribution in [0.15, 0.2) is 60.2 Å². The number of rotatable bonds is 7. The molecule has 3 rings (SSSR count). The molecule has 0 saturated carbocycles. The maximum atomic E-state index is 12.7. The van der Waals surface area contributed by atoms with Crippen LogP contribution in [0.1, 0.15) is 22.3 Å². The number of benzene rings is 3. The minimum atomic E-state index is -0.512. The van der Waals surface area contributed by atoms with Gasteiger partial charge in [0.1, 0.15) is 18.2 Å². The van der Waals surface area contributed by atoms with E-state index in [1.54, 1.807) is 24.3 Å². The summed E-state index contributed by atoms with van der Waals surface area (Å²) < 4.78 is 11.3. The van der Waals surface area contributed by atoms with Crippen LogP contribution in [0.2, 0.25) is 10.0 Å². The quantitative estimate of drug-likeness (QED) is 0.300. The van der Waals surface area contributed by atoms with E-state index in [0.717, 1.165) is 16.7 Å². The Hall–Kier alpha value is -3.46. The molecule has 0 aromatic heterocycles. The average molecular weight is 481 g/mol. The van der Waals surface area contributed by atoms with Gasteiger partial charge >= 0.3 is 0 Å². The Labute approximate surface area is 203 Å². The van der Waals surface area contributed by atoms with Crippen molar-refractivity contribution in [3.05, 3.63) is 92.5 Å². The van der Waals surface area contributed by atoms with Crippen molar-refractivity contribution in [1.29, 1.82) is 5.26 Å². The molecule has 0 heterocycles. The Kier molecular flexibility index (Phi) is 8.00. The second-order valence-electron chi connectivity index (χ2n) is 7.40. The van der Waals surface area contributed by atoms with Gasteiger partial charge in [0.25, 0.3) is 5.91 Å². The number of nitriles is 1. The number of halogens is 2. The van der Waals surface area contributed by atoms with Crippen molar-refractivity contribution in [2.24, 2.45) is 0 Å². The number of nitrogens with one attached hydrogen (secondary N) is 1. The lowest BCUT2D eigenvalue weighted by atomic mass is 10.1. The van der Waals surface area contributed by atoms with Crippen LogP contribution < -0.4 is 14.8 Å². The number of hydrogen-bond acceptors (Lipinski definition) is 4. The highest BCUT2D eigenvalue weighted by Gasteiger charge is 2.15. The summed E-state index contributed by atoms with van der Waals surface area (Å²) in [6, 6.07) is 18.2. The van der Waals surface area contributed by atoms with E-state index in [9.17, 15) is 10.1 Å². The molecule has 3 aromatic rings. The van der Waals surface area contributed by atoms with Gasteiger partial charge in [-0.1, -0.05) is 47.5 Å². The van der Waals surface area contributed by atoms with Crippen LogP contribution in [0, 0.1) is 25.2 Å². The summed E-state index contributed by atoms with van der Waals surface area (Å²) in [5.41, 5.74) is 3.89. The fourth-order valence-electron chi connectivity index (χ4n) is 3.12. The summed E-state index contributed by atoms with van der Waals surface area (Å²) in [5.74, 6) is 0.222. The van der Waals surface area contributed by atoms with Gasteiger partial charge in [0.15, 0.2) is 11.5 Å². The molecule has 1 amide bonds. The van der Waals surface area contributed by atoms with E-state index >= 15 is 0 Å². The predicted octanol–water partition coefficient (Wildman–Crippen LogP) is 6.74. The maximum Gasteiger partial charge on any atom is 0.266 e. The Bertz CT molecular complexity index is 1260. The van der Waals surface area contributed by atoms with Crippen molar-refractivity contribution < 1.29 is 14.3 Å². The first kappa shape index (κ1) is 24.2. The van der Waals surface area contributed by atoms with Gasteiger partial charge < -0.3 is 14.8 Å². The Morgan fingerprint density at radius 1 is 1.12 bits per heavy atom. The topological polar surface area (TPSA) is 71.3 Å². The highest BCUT2D eigenvalue weighted by molar-refractivity contribution is 6.32. The van der Waals surface area contributed by atoms with Crippen LogP contribution in [-0.2, 0) is 11.4 Å². The number of nitrogens with zero attached hydrogens (tertiary/aromatic N) is 1. The molecule has 0 bridgehead atoms. The highest BCUT2D eigenvalue weighted by atomic mass is 35.5. The summed E-state index contributed by atoms with van der Waals surface area (Å²) in [4.78, 5) is 12.7. The van der Waals surface area contributed by atoms with E-state index in [2.05, 4.69) is 5.32 Å². The van der Waals surface area contributed by atoms with Crippen LogP contribution in [0.3, 0.4) is 0 Å². The molecule has 0 spiro atoms. The maximum absolute atomic E-state index is 12.7. The van der Waals surface area contributed by atoms with E-state index < -0.39 is 5.91 Å². The van der Waals surface area contributed by atoms with Crippen LogP contribution in [0.5, 0.6) is 11.5 Å². The molecule has 168 valence electrons. The first-order valence-electron chi connectivity index (χ1n) is 10.1. The van der Waals surface area contributed by atoms with Gasteiger partial charge in [0.05, 0.1) is 12.1 Å². The van der Waals surface area contributed by atoms with E-state index in [4.69, 9.17) is 32.7 Å². The molecule has 3 aromatic carbocycles. The van der Waals surface area contributed by atoms with Crippen LogP contribution in [0.4, 0.5) is 5.69 Å². The summed E-state index contributed by atoms with van der Waals surface area (Å²) >= 11 is 12.5. The molecule has 5 nitrogen and oxygen atoms in total. The van der Waals surface area contributed by atoms with Gasteiger partial charge in [-0.3, -0.25) is 4.79 Å². The van der Waals surface area contributed by atoms with Crippen molar-refractivity contribution in [2.45, 2.75) is 20.5 Å². The van der Waals surface area contributed by atoms with Crippen molar-refractivity contribution in [2.75, 3.05) is 12.4 Å². The van der Waals surface area contributed by atoms with E-state index in [1.165, 1.54) is 13.2 Å². The second kappa shape index (κ2) is 10.9. The van der Waals surface area contributed by atoms with Gasteiger partial charge in [0.2, 0.25) is 0 Å². The number of methoxy groups -OCH3 is 1. The zero-order chi connectivity index (χ0) is 24.0. The first-order chi connectivity index (χ1) is 15.8. The minimum Gasteiger partial charge on any atom is -0.493 e. The van der Waals surface area contributed by atoms with Crippen LogP contribution >= 0.6 is 23.2 Å². The molecule has 7 heteroatoms. The fourth-order valence-corrected chi connectivity index (χ4v) is 3.61. The monoisotopic (exact) mass is 480 g/mol. The van der Waals surface area contributed by atoms with Gasteiger partial charge in [0, 0.05) is 10.7 Å². The smallest absolute Gasteiger partial charge is 0.266 e. The van der Waals surface area contributed by atoms with Gasteiger partial charge in [-0.15, -0.1) is 0 Å². The molecule has 0 aliphatic heterocycles. The molecule has 0 aliphatic rings. The van der Waals surface area contributed by atoms with Crippen LogP contribution in [-0.4, -0.2) is 13.0 Å². The van der Waals surface area contributed by atoms with Gasteiger partial charge in [-0.2, -0.15) is 5.26 Å². The number of anilines is 1. The van der Waals surface area contributed by atoms with E-state index in [-0.39, 0.29) is 17.2 Å². The number of aryl methyl sites for hydroxylation is 2. The number of amides is 1. The zero-order valence-corrected chi connectivity index (χ0v) is 19.9. The number of hydrogen-bond donors (Lipinski definition) is 1. The normalized spacial score (nSPS) is 11.0.